The van der Waals surface area contributed by atoms with Crippen molar-refractivity contribution in [1.82, 2.24) is 9.55 Å². The lowest BCUT2D eigenvalue weighted by molar-refractivity contribution is 0.809. The second-order valence-electron chi connectivity index (χ2n) is 3.84. The Morgan fingerprint density at radius 3 is 2.88 bits per heavy atom. The molecule has 1 aromatic carbocycles. The summed E-state index contributed by atoms with van der Waals surface area (Å²) in [5, 5.41) is 0. The minimum Gasteiger partial charge on any atom is -0.389 e. The molecule has 2 N–H and O–H groups in total. The number of hydrogen-bond acceptors (Lipinski definition) is 2. The molecule has 4 heteroatoms. The van der Waals surface area contributed by atoms with Gasteiger partial charge in [0.25, 0.3) is 0 Å². The summed E-state index contributed by atoms with van der Waals surface area (Å²) in [6.45, 7) is 2.14. The van der Waals surface area contributed by atoms with E-state index in [-0.39, 0.29) is 0 Å². The Hall–Kier alpha value is -1.68. The van der Waals surface area contributed by atoms with Gasteiger partial charge in [0.15, 0.2) is 0 Å². The molecule has 0 aliphatic carbocycles. The fourth-order valence-corrected chi connectivity index (χ4v) is 2.03. The van der Waals surface area contributed by atoms with E-state index in [9.17, 15) is 0 Å². The zero-order valence-corrected chi connectivity index (χ0v) is 10.6. The van der Waals surface area contributed by atoms with Crippen molar-refractivity contribution in [2.75, 3.05) is 0 Å². The molecule has 0 saturated carbocycles. The smallest absolute Gasteiger partial charge is 0.113 e. The number of rotatable bonds is 4. The third kappa shape index (κ3) is 2.36. The topological polar surface area (TPSA) is 43.8 Å². The molecule has 0 amide bonds. The molecule has 0 unspecified atom stereocenters. The lowest BCUT2D eigenvalue weighted by Gasteiger charge is -2.11. The molecule has 0 saturated heterocycles. The van der Waals surface area contributed by atoms with Gasteiger partial charge in [0.2, 0.25) is 0 Å². The van der Waals surface area contributed by atoms with Gasteiger partial charge in [0.05, 0.1) is 5.69 Å². The number of nitrogens with two attached hydrogens (primary N) is 1. The van der Waals surface area contributed by atoms with Crippen molar-refractivity contribution in [3.8, 4) is 5.69 Å². The third-order valence-electron chi connectivity index (χ3n) is 2.62. The highest BCUT2D eigenvalue weighted by atomic mass is 32.1. The van der Waals surface area contributed by atoms with Gasteiger partial charge in [-0.15, -0.1) is 0 Å². The van der Waals surface area contributed by atoms with Crippen LogP contribution in [0.15, 0.2) is 36.7 Å². The molecule has 2 aromatic rings. The first kappa shape index (κ1) is 11.8. The van der Waals surface area contributed by atoms with Crippen molar-refractivity contribution in [3.05, 3.63) is 48.0 Å². The van der Waals surface area contributed by atoms with E-state index in [1.54, 1.807) is 6.20 Å². The van der Waals surface area contributed by atoms with Gasteiger partial charge in [0, 0.05) is 24.4 Å². The number of benzene rings is 1. The van der Waals surface area contributed by atoms with Crippen LogP contribution in [0.2, 0.25) is 0 Å². The van der Waals surface area contributed by atoms with Crippen molar-refractivity contribution in [2.24, 2.45) is 5.73 Å². The van der Waals surface area contributed by atoms with E-state index in [0.29, 0.717) is 4.99 Å². The molecule has 2 rings (SSSR count). The number of aryl methyl sites for hydroxylation is 1. The van der Waals surface area contributed by atoms with Crippen LogP contribution in [0.25, 0.3) is 5.69 Å². The van der Waals surface area contributed by atoms with Crippen molar-refractivity contribution in [2.45, 2.75) is 19.8 Å². The Morgan fingerprint density at radius 1 is 1.41 bits per heavy atom. The first-order valence-corrected chi connectivity index (χ1v) is 6.06. The van der Waals surface area contributed by atoms with Gasteiger partial charge in [-0.1, -0.05) is 31.3 Å². The fourth-order valence-electron chi connectivity index (χ4n) is 1.85. The highest BCUT2D eigenvalue weighted by Gasteiger charge is 2.09. The highest BCUT2D eigenvalue weighted by Crippen LogP contribution is 2.17. The van der Waals surface area contributed by atoms with Crippen molar-refractivity contribution in [1.29, 1.82) is 0 Å². The van der Waals surface area contributed by atoms with Crippen LogP contribution in [0.3, 0.4) is 0 Å². The van der Waals surface area contributed by atoms with Crippen LogP contribution in [-0.4, -0.2) is 14.5 Å². The molecule has 0 fully saturated rings. The van der Waals surface area contributed by atoms with Gasteiger partial charge in [-0.05, 0) is 18.6 Å². The molecular weight excluding hydrogens is 230 g/mol. The Balaban J connectivity index is 2.52. The first-order chi connectivity index (χ1) is 8.24. The average Bonchev–Trinajstić information content (AvgIpc) is 2.77. The maximum Gasteiger partial charge on any atom is 0.113 e. The summed E-state index contributed by atoms with van der Waals surface area (Å²) in [6, 6.07) is 7.87. The lowest BCUT2D eigenvalue weighted by Crippen LogP contribution is -2.14. The fraction of sp³-hybridized carbons (Fsp3) is 0.231. The summed E-state index contributed by atoms with van der Waals surface area (Å²) in [6.07, 6.45) is 5.76. The van der Waals surface area contributed by atoms with E-state index in [4.69, 9.17) is 18.0 Å². The Kier molecular flexibility index (Phi) is 3.54. The second kappa shape index (κ2) is 5.10. The first-order valence-electron chi connectivity index (χ1n) is 5.65. The van der Waals surface area contributed by atoms with Crippen LogP contribution in [0, 0.1) is 0 Å². The van der Waals surface area contributed by atoms with E-state index >= 15 is 0 Å². The standard InChI is InChI=1S/C13H15N3S/c1-2-5-12-15-8-9-16(12)11-7-4-3-6-10(11)13(14)17/h3-4,6-9H,2,5H2,1H3,(H2,14,17). The number of aromatic nitrogens is 2. The van der Waals surface area contributed by atoms with Gasteiger partial charge in [0.1, 0.15) is 10.8 Å². The predicted molar refractivity (Wildman–Crippen MR) is 73.4 cm³/mol. The zero-order valence-electron chi connectivity index (χ0n) is 9.76. The molecule has 0 atom stereocenters. The SMILES string of the molecule is CCCc1nccn1-c1ccccc1C(N)=S. The molecule has 0 aliphatic rings. The van der Waals surface area contributed by atoms with Crippen LogP contribution in [-0.2, 0) is 6.42 Å². The minimum absolute atomic E-state index is 0.414. The molecule has 1 aromatic heterocycles. The summed E-state index contributed by atoms with van der Waals surface area (Å²) in [4.78, 5) is 4.78. The van der Waals surface area contributed by atoms with Crippen LogP contribution in [0.4, 0.5) is 0 Å². The minimum atomic E-state index is 0.414. The van der Waals surface area contributed by atoms with Gasteiger partial charge >= 0.3 is 0 Å². The van der Waals surface area contributed by atoms with Gasteiger partial charge in [-0.3, -0.25) is 0 Å². The molecule has 1 heterocycles. The number of imidazole rings is 1. The zero-order chi connectivity index (χ0) is 12.3. The van der Waals surface area contributed by atoms with E-state index in [2.05, 4.69) is 16.5 Å². The third-order valence-corrected chi connectivity index (χ3v) is 2.84. The van der Waals surface area contributed by atoms with Crippen LogP contribution in [0.5, 0.6) is 0 Å². The number of hydrogen-bond donors (Lipinski definition) is 1. The average molecular weight is 245 g/mol. The van der Waals surface area contributed by atoms with Crippen LogP contribution in [0.1, 0.15) is 24.7 Å². The normalized spacial score (nSPS) is 10.4. The number of nitrogens with zero attached hydrogens (tertiary/aromatic N) is 2. The molecule has 3 nitrogen and oxygen atoms in total. The molecule has 0 bridgehead atoms. The Bertz CT molecular complexity index is 531. The van der Waals surface area contributed by atoms with Crippen LogP contribution < -0.4 is 5.73 Å². The van der Waals surface area contributed by atoms with Crippen molar-refractivity contribution in [3.63, 3.8) is 0 Å². The Morgan fingerprint density at radius 2 is 2.18 bits per heavy atom. The quantitative estimate of drug-likeness (QED) is 0.841. The maximum atomic E-state index is 5.74. The van der Waals surface area contributed by atoms with Crippen molar-refractivity contribution >= 4 is 17.2 Å². The van der Waals surface area contributed by atoms with E-state index in [1.165, 1.54) is 0 Å². The lowest BCUT2D eigenvalue weighted by atomic mass is 10.1. The summed E-state index contributed by atoms with van der Waals surface area (Å²) in [5.41, 5.74) is 7.63. The Labute approximate surface area is 106 Å². The second-order valence-corrected chi connectivity index (χ2v) is 4.28. The molecule has 0 aliphatic heterocycles. The van der Waals surface area contributed by atoms with E-state index in [1.807, 2.05) is 30.5 Å². The van der Waals surface area contributed by atoms with E-state index in [0.717, 1.165) is 29.9 Å². The molecule has 0 spiro atoms. The predicted octanol–water partition coefficient (Wildman–Crippen LogP) is 2.46. The van der Waals surface area contributed by atoms with Gasteiger partial charge in [-0.2, -0.15) is 0 Å². The monoisotopic (exact) mass is 245 g/mol. The van der Waals surface area contributed by atoms with Gasteiger partial charge in [-0.25, -0.2) is 4.98 Å². The number of thiocarbonyl (C=S) groups is 1. The maximum absolute atomic E-state index is 5.74. The largest absolute Gasteiger partial charge is 0.389 e. The summed E-state index contributed by atoms with van der Waals surface area (Å²) >= 11 is 5.08. The highest BCUT2D eigenvalue weighted by molar-refractivity contribution is 7.80. The molecular formula is C13H15N3S. The van der Waals surface area contributed by atoms with E-state index < -0.39 is 0 Å². The molecule has 17 heavy (non-hydrogen) atoms. The molecule has 88 valence electrons. The summed E-state index contributed by atoms with van der Waals surface area (Å²) in [5.74, 6) is 1.04. The van der Waals surface area contributed by atoms with Crippen LogP contribution >= 0.6 is 12.2 Å². The molecule has 0 radical (unpaired) electrons. The number of para-hydroxylation sites is 1. The summed E-state index contributed by atoms with van der Waals surface area (Å²) in [7, 11) is 0. The van der Waals surface area contributed by atoms with Crippen molar-refractivity contribution < 1.29 is 0 Å². The van der Waals surface area contributed by atoms with Gasteiger partial charge < -0.3 is 10.3 Å². The summed E-state index contributed by atoms with van der Waals surface area (Å²) < 4.78 is 2.05.